The van der Waals surface area contributed by atoms with Gasteiger partial charge in [-0.25, -0.2) is 0 Å². The molecule has 0 radical (unpaired) electrons. The predicted molar refractivity (Wildman–Crippen MR) is 128 cm³/mol. The maximum absolute atomic E-state index is 6.43. The maximum Gasteiger partial charge on any atom is 0.120 e. The topological polar surface area (TPSA) is 27.7 Å². The minimum Gasteiger partial charge on any atom is -0.489 e. The molecule has 4 aromatic carbocycles. The molecule has 6 rings (SSSR count). The van der Waals surface area contributed by atoms with Gasteiger partial charge in [0.25, 0.3) is 0 Å². The zero-order valence-electron chi connectivity index (χ0n) is 18.4. The third kappa shape index (κ3) is 4.24. The fourth-order valence-corrected chi connectivity index (χ4v) is 4.87. The summed E-state index contributed by atoms with van der Waals surface area (Å²) < 4.78 is 18.6. The van der Waals surface area contributed by atoms with Crippen LogP contribution in [0.15, 0.2) is 97.1 Å². The molecule has 33 heavy (non-hydrogen) atoms. The second-order valence-electron chi connectivity index (χ2n) is 8.79. The van der Waals surface area contributed by atoms with Crippen molar-refractivity contribution in [1.29, 1.82) is 0 Å². The summed E-state index contributed by atoms with van der Waals surface area (Å²) in [5.74, 6) is 1.84. The van der Waals surface area contributed by atoms with Gasteiger partial charge >= 0.3 is 0 Å². The highest BCUT2D eigenvalue weighted by Crippen LogP contribution is 2.46. The Balaban J connectivity index is 1.17. The van der Waals surface area contributed by atoms with Crippen molar-refractivity contribution in [3.8, 4) is 11.5 Å². The van der Waals surface area contributed by atoms with Crippen LogP contribution in [0.1, 0.15) is 45.6 Å². The fourth-order valence-electron chi connectivity index (χ4n) is 4.87. The highest BCUT2D eigenvalue weighted by atomic mass is 16.5. The van der Waals surface area contributed by atoms with E-state index in [1.165, 1.54) is 33.4 Å². The lowest BCUT2D eigenvalue weighted by molar-refractivity contribution is -0.0393. The van der Waals surface area contributed by atoms with Crippen LogP contribution in [0.4, 0.5) is 0 Å². The van der Waals surface area contributed by atoms with Crippen LogP contribution < -0.4 is 9.47 Å². The average molecular weight is 435 g/mol. The molecule has 0 spiro atoms. The molecule has 0 saturated carbocycles. The van der Waals surface area contributed by atoms with Crippen LogP contribution in [0, 0.1) is 0 Å². The zero-order valence-corrected chi connectivity index (χ0v) is 18.4. The molecule has 2 heterocycles. The minimum absolute atomic E-state index is 0.0822. The van der Waals surface area contributed by atoms with E-state index in [-0.39, 0.29) is 12.2 Å². The number of benzene rings is 4. The van der Waals surface area contributed by atoms with E-state index < -0.39 is 0 Å². The molecule has 0 N–H and O–H groups in total. The fraction of sp³-hybridized carbons (Fsp3) is 0.200. The molecule has 0 fully saturated rings. The molecule has 2 atom stereocenters. The second-order valence-corrected chi connectivity index (χ2v) is 8.79. The Bertz CT molecular complexity index is 1150. The van der Waals surface area contributed by atoms with E-state index in [1.807, 2.05) is 36.4 Å². The van der Waals surface area contributed by atoms with Gasteiger partial charge in [-0.1, -0.05) is 72.8 Å². The molecule has 4 aromatic rings. The second kappa shape index (κ2) is 8.76. The lowest BCUT2D eigenvalue weighted by atomic mass is 9.82. The van der Waals surface area contributed by atoms with Crippen molar-refractivity contribution in [2.75, 3.05) is 0 Å². The molecule has 0 aromatic heterocycles. The normalized spacial score (nSPS) is 18.2. The average Bonchev–Trinajstić information content (AvgIpc) is 2.87. The first-order valence-corrected chi connectivity index (χ1v) is 11.6. The maximum atomic E-state index is 6.43. The first kappa shape index (κ1) is 20.1. The quantitative estimate of drug-likeness (QED) is 0.336. The standard InChI is InChI=1S/C30H26O3/c1-3-7-21(8-4-1)19-31-25-11-13-27-23(15-25)17-29-28-14-12-26(16-24(28)18-30(27)33-29)32-20-22-9-5-2-6-10-22/h1-16,29-30H,17-20H2/t29-,30-/m1/s1. The molecule has 3 nitrogen and oxygen atoms in total. The van der Waals surface area contributed by atoms with Crippen LogP contribution >= 0.6 is 0 Å². The number of rotatable bonds is 6. The van der Waals surface area contributed by atoms with Gasteiger partial charge in [0.1, 0.15) is 24.7 Å². The Morgan fingerprint density at radius 3 is 1.48 bits per heavy atom. The molecule has 164 valence electrons. The lowest BCUT2D eigenvalue weighted by Gasteiger charge is -2.38. The smallest absolute Gasteiger partial charge is 0.120 e. The van der Waals surface area contributed by atoms with Gasteiger partial charge in [0.2, 0.25) is 0 Å². The first-order chi connectivity index (χ1) is 16.3. The first-order valence-electron chi connectivity index (χ1n) is 11.6. The molecule has 2 aliphatic rings. The number of ether oxygens (including phenoxy) is 3. The third-order valence-electron chi connectivity index (χ3n) is 6.56. The molecule has 0 saturated heterocycles. The van der Waals surface area contributed by atoms with E-state index in [2.05, 4.69) is 60.7 Å². The minimum atomic E-state index is 0.0822. The SMILES string of the molecule is c1ccc(COc2ccc3c(c2)C[C@H]2O[C@@H]3Cc3cc(OCc4ccccc4)ccc32)cc1. The van der Waals surface area contributed by atoms with Gasteiger partial charge in [0.15, 0.2) is 0 Å². The summed E-state index contributed by atoms with van der Waals surface area (Å²) in [7, 11) is 0. The largest absolute Gasteiger partial charge is 0.489 e. The highest BCUT2D eigenvalue weighted by molar-refractivity contribution is 5.46. The monoisotopic (exact) mass is 434 g/mol. The van der Waals surface area contributed by atoms with E-state index in [0.717, 1.165) is 24.3 Å². The molecule has 2 bridgehead atoms. The molecule has 0 amide bonds. The summed E-state index contributed by atoms with van der Waals surface area (Å²) >= 11 is 0. The molecule has 2 aliphatic heterocycles. The van der Waals surface area contributed by atoms with Crippen molar-refractivity contribution in [3.05, 3.63) is 130 Å². The Labute approximate surface area is 194 Å². The van der Waals surface area contributed by atoms with Gasteiger partial charge in [-0.2, -0.15) is 0 Å². The summed E-state index contributed by atoms with van der Waals surface area (Å²) in [6.45, 7) is 1.16. The van der Waals surface area contributed by atoms with Gasteiger partial charge in [-0.05, 0) is 57.6 Å². The summed E-state index contributed by atoms with van der Waals surface area (Å²) in [4.78, 5) is 0. The van der Waals surface area contributed by atoms with Gasteiger partial charge < -0.3 is 14.2 Å². The molecular weight excluding hydrogens is 408 g/mol. The van der Waals surface area contributed by atoms with Crippen LogP contribution in [-0.4, -0.2) is 0 Å². The Hall–Kier alpha value is -3.56. The van der Waals surface area contributed by atoms with Crippen molar-refractivity contribution < 1.29 is 14.2 Å². The zero-order chi connectivity index (χ0) is 22.0. The van der Waals surface area contributed by atoms with Crippen LogP contribution in [0.5, 0.6) is 11.5 Å². The van der Waals surface area contributed by atoms with Crippen LogP contribution in [0.25, 0.3) is 0 Å². The van der Waals surface area contributed by atoms with E-state index in [0.29, 0.717) is 13.2 Å². The summed E-state index contributed by atoms with van der Waals surface area (Å²) in [6.07, 6.45) is 1.90. The molecule has 0 unspecified atom stereocenters. The summed E-state index contributed by atoms with van der Waals surface area (Å²) in [5, 5.41) is 0. The molecule has 0 aliphatic carbocycles. The molecular formula is C30H26O3. The number of fused-ring (bicyclic) bond motifs is 6. The van der Waals surface area contributed by atoms with Crippen LogP contribution in [-0.2, 0) is 30.8 Å². The lowest BCUT2D eigenvalue weighted by Crippen LogP contribution is -2.27. The van der Waals surface area contributed by atoms with E-state index in [1.54, 1.807) is 0 Å². The van der Waals surface area contributed by atoms with Crippen molar-refractivity contribution in [1.82, 2.24) is 0 Å². The predicted octanol–water partition coefficient (Wildman–Crippen LogP) is 6.76. The van der Waals surface area contributed by atoms with E-state index in [9.17, 15) is 0 Å². The van der Waals surface area contributed by atoms with Crippen molar-refractivity contribution >= 4 is 0 Å². The van der Waals surface area contributed by atoms with Crippen molar-refractivity contribution in [2.24, 2.45) is 0 Å². The highest BCUT2D eigenvalue weighted by Gasteiger charge is 2.35. The third-order valence-corrected chi connectivity index (χ3v) is 6.56. The Morgan fingerprint density at radius 2 is 1.03 bits per heavy atom. The Morgan fingerprint density at radius 1 is 0.576 bits per heavy atom. The van der Waals surface area contributed by atoms with Gasteiger partial charge in [-0.15, -0.1) is 0 Å². The van der Waals surface area contributed by atoms with E-state index >= 15 is 0 Å². The van der Waals surface area contributed by atoms with Crippen LogP contribution in [0.2, 0.25) is 0 Å². The molecule has 3 heteroatoms. The van der Waals surface area contributed by atoms with Gasteiger partial charge in [0.05, 0.1) is 12.2 Å². The number of hydrogen-bond acceptors (Lipinski definition) is 3. The van der Waals surface area contributed by atoms with Crippen molar-refractivity contribution in [3.63, 3.8) is 0 Å². The summed E-state index contributed by atoms with van der Waals surface area (Å²) in [5.41, 5.74) is 7.57. The van der Waals surface area contributed by atoms with Crippen molar-refractivity contribution in [2.45, 2.75) is 38.3 Å². The summed E-state index contributed by atoms with van der Waals surface area (Å²) in [6, 6.07) is 33.5. The van der Waals surface area contributed by atoms with Crippen LogP contribution in [0.3, 0.4) is 0 Å². The van der Waals surface area contributed by atoms with E-state index in [4.69, 9.17) is 14.2 Å². The van der Waals surface area contributed by atoms with Gasteiger partial charge in [0, 0.05) is 12.8 Å². The number of hydrogen-bond donors (Lipinski definition) is 0. The van der Waals surface area contributed by atoms with Gasteiger partial charge in [-0.3, -0.25) is 0 Å². The Kier molecular flexibility index (Phi) is 5.33.